The Hall–Kier alpha value is -2.47. The minimum absolute atomic E-state index is 0.567. The Morgan fingerprint density at radius 2 is 1.95 bits per heavy atom. The van der Waals surface area contributed by atoms with Gasteiger partial charge in [0.05, 0.1) is 19.1 Å². The van der Waals surface area contributed by atoms with E-state index in [9.17, 15) is 5.11 Å². The van der Waals surface area contributed by atoms with Gasteiger partial charge in [0.25, 0.3) is 0 Å². The lowest BCUT2D eigenvalue weighted by Crippen LogP contribution is -2.15. The topological polar surface area (TPSA) is 68.8 Å². The van der Waals surface area contributed by atoms with Gasteiger partial charge in [-0.25, -0.2) is 9.67 Å². The molecule has 6 nitrogen and oxygen atoms in total. The van der Waals surface area contributed by atoms with E-state index in [0.29, 0.717) is 12.2 Å². The first kappa shape index (κ1) is 13.5. The summed E-state index contributed by atoms with van der Waals surface area (Å²) in [5.74, 6) is 0. The van der Waals surface area contributed by atoms with Gasteiger partial charge in [-0.05, 0) is 31.5 Å². The molecule has 0 radical (unpaired) electrons. The molecule has 108 valence electrons. The molecular weight excluding hydrogens is 266 g/mol. The van der Waals surface area contributed by atoms with E-state index in [4.69, 9.17) is 0 Å². The lowest BCUT2D eigenvalue weighted by atomic mass is 10.1. The Labute approximate surface area is 122 Å². The summed E-state index contributed by atoms with van der Waals surface area (Å²) < 4.78 is 3.67. The molecule has 6 heteroatoms. The molecule has 0 aliphatic heterocycles. The highest BCUT2D eigenvalue weighted by Crippen LogP contribution is 2.16. The maximum Gasteiger partial charge on any atom is 0.114 e. The van der Waals surface area contributed by atoms with Crippen LogP contribution in [0.2, 0.25) is 0 Å². The molecule has 2 aromatic heterocycles. The van der Waals surface area contributed by atoms with E-state index in [1.807, 2.05) is 35.0 Å². The molecule has 3 aromatic rings. The van der Waals surface area contributed by atoms with Gasteiger partial charge >= 0.3 is 0 Å². The van der Waals surface area contributed by atoms with Crippen LogP contribution in [0.5, 0.6) is 0 Å². The first-order chi connectivity index (χ1) is 10.0. The van der Waals surface area contributed by atoms with Gasteiger partial charge in [-0.15, -0.1) is 5.10 Å². The predicted octanol–water partition coefficient (Wildman–Crippen LogP) is 1.74. The maximum atomic E-state index is 9.89. The zero-order chi connectivity index (χ0) is 14.9. The van der Waals surface area contributed by atoms with E-state index in [2.05, 4.69) is 15.3 Å². The summed E-state index contributed by atoms with van der Waals surface area (Å²) in [6, 6.07) is 8.15. The van der Waals surface area contributed by atoms with Gasteiger partial charge < -0.3 is 9.67 Å². The molecule has 1 N–H and O–H groups in total. The van der Waals surface area contributed by atoms with Gasteiger partial charge in [-0.3, -0.25) is 0 Å². The van der Waals surface area contributed by atoms with Gasteiger partial charge in [0.15, 0.2) is 0 Å². The van der Waals surface area contributed by atoms with Crippen LogP contribution in [0.1, 0.15) is 25.1 Å². The van der Waals surface area contributed by atoms with Crippen molar-refractivity contribution < 1.29 is 5.11 Å². The Morgan fingerprint density at radius 1 is 1.19 bits per heavy atom. The molecule has 0 saturated carbocycles. The molecule has 3 rings (SSSR count). The van der Waals surface area contributed by atoms with Crippen molar-refractivity contribution in [2.75, 3.05) is 0 Å². The number of hydrogen-bond acceptors (Lipinski definition) is 4. The normalized spacial score (nSPS) is 11.8. The Kier molecular flexibility index (Phi) is 3.31. The molecule has 1 aromatic carbocycles. The van der Waals surface area contributed by atoms with Crippen LogP contribution in [0.15, 0.2) is 49.2 Å². The van der Waals surface area contributed by atoms with Crippen molar-refractivity contribution >= 4 is 0 Å². The summed E-state index contributed by atoms with van der Waals surface area (Å²) in [4.78, 5) is 4.03. The van der Waals surface area contributed by atoms with E-state index >= 15 is 0 Å². The lowest BCUT2D eigenvalue weighted by molar-refractivity contribution is 0.0737. The lowest BCUT2D eigenvalue weighted by Gasteiger charge is -2.11. The highest BCUT2D eigenvalue weighted by molar-refractivity contribution is 5.34. The van der Waals surface area contributed by atoms with Gasteiger partial charge in [-0.1, -0.05) is 17.3 Å². The van der Waals surface area contributed by atoms with Crippen molar-refractivity contribution in [3.63, 3.8) is 0 Å². The molecule has 0 bridgehead atoms. The van der Waals surface area contributed by atoms with Crippen molar-refractivity contribution in [3.8, 4) is 5.69 Å². The molecule has 0 amide bonds. The van der Waals surface area contributed by atoms with Crippen LogP contribution in [0.4, 0.5) is 0 Å². The van der Waals surface area contributed by atoms with E-state index in [1.54, 1.807) is 37.3 Å². The number of aromatic nitrogens is 5. The summed E-state index contributed by atoms with van der Waals surface area (Å²) in [6.45, 7) is 4.01. The average molecular weight is 283 g/mol. The zero-order valence-corrected chi connectivity index (χ0v) is 12.0. The van der Waals surface area contributed by atoms with Gasteiger partial charge in [0.1, 0.15) is 11.3 Å². The summed E-state index contributed by atoms with van der Waals surface area (Å²) >= 11 is 0. The molecule has 0 spiro atoms. The summed E-state index contributed by atoms with van der Waals surface area (Å²) in [5.41, 5.74) is 1.78. The number of nitrogens with zero attached hydrogens (tertiary/aromatic N) is 5. The Bertz CT molecular complexity index is 707. The second kappa shape index (κ2) is 5.14. The fourth-order valence-corrected chi connectivity index (χ4v) is 2.03. The number of aliphatic hydroxyl groups is 1. The average Bonchev–Trinajstić information content (AvgIpc) is 3.09. The van der Waals surface area contributed by atoms with E-state index < -0.39 is 5.60 Å². The monoisotopic (exact) mass is 283 g/mol. The van der Waals surface area contributed by atoms with Crippen LogP contribution in [0.25, 0.3) is 5.69 Å². The largest absolute Gasteiger partial charge is 0.384 e. The molecule has 0 unspecified atom stereocenters. The van der Waals surface area contributed by atoms with Gasteiger partial charge in [-0.2, -0.15) is 0 Å². The molecule has 0 aliphatic rings. The third-order valence-corrected chi connectivity index (χ3v) is 3.25. The first-order valence-corrected chi connectivity index (χ1v) is 6.72. The Balaban J connectivity index is 1.75. The second-order valence-electron chi connectivity index (χ2n) is 5.50. The predicted molar refractivity (Wildman–Crippen MR) is 77.9 cm³/mol. The molecular formula is C15H17N5O. The minimum Gasteiger partial charge on any atom is -0.384 e. The smallest absolute Gasteiger partial charge is 0.114 e. The highest BCUT2D eigenvalue weighted by Gasteiger charge is 2.19. The summed E-state index contributed by atoms with van der Waals surface area (Å²) in [5, 5.41) is 17.9. The number of imidazole rings is 1. The number of hydrogen-bond donors (Lipinski definition) is 1. The molecule has 2 heterocycles. The standard InChI is InChI=1S/C15H17N5O/c1-15(2,21)14-10-20(18-17-14)9-12-3-5-13(6-4-12)19-8-7-16-11-19/h3-8,10-11,21H,9H2,1-2H3. The molecule has 0 atom stereocenters. The summed E-state index contributed by atoms with van der Waals surface area (Å²) in [6.07, 6.45) is 7.19. The van der Waals surface area contributed by atoms with Crippen molar-refractivity contribution in [2.45, 2.75) is 26.0 Å². The molecule has 21 heavy (non-hydrogen) atoms. The number of benzene rings is 1. The van der Waals surface area contributed by atoms with E-state index in [-0.39, 0.29) is 0 Å². The molecule has 0 aliphatic carbocycles. The summed E-state index contributed by atoms with van der Waals surface area (Å²) in [7, 11) is 0. The quantitative estimate of drug-likeness (QED) is 0.792. The third-order valence-electron chi connectivity index (χ3n) is 3.25. The zero-order valence-electron chi connectivity index (χ0n) is 12.0. The fraction of sp³-hybridized carbons (Fsp3) is 0.267. The van der Waals surface area contributed by atoms with Crippen molar-refractivity contribution in [3.05, 3.63) is 60.4 Å². The maximum absolute atomic E-state index is 9.89. The van der Waals surface area contributed by atoms with Gasteiger partial charge in [0, 0.05) is 18.1 Å². The van der Waals surface area contributed by atoms with Crippen LogP contribution in [-0.2, 0) is 12.1 Å². The molecule has 0 fully saturated rings. The first-order valence-electron chi connectivity index (χ1n) is 6.72. The SMILES string of the molecule is CC(C)(O)c1cn(Cc2ccc(-n3ccnc3)cc2)nn1. The fourth-order valence-electron chi connectivity index (χ4n) is 2.03. The minimum atomic E-state index is -0.969. The third kappa shape index (κ3) is 3.00. The second-order valence-corrected chi connectivity index (χ2v) is 5.50. The highest BCUT2D eigenvalue weighted by atomic mass is 16.3. The Morgan fingerprint density at radius 3 is 2.52 bits per heavy atom. The van der Waals surface area contributed by atoms with Crippen LogP contribution < -0.4 is 0 Å². The van der Waals surface area contributed by atoms with Gasteiger partial charge in [0.2, 0.25) is 0 Å². The van der Waals surface area contributed by atoms with E-state index in [1.165, 1.54) is 0 Å². The van der Waals surface area contributed by atoms with E-state index in [0.717, 1.165) is 11.3 Å². The number of rotatable bonds is 4. The van der Waals surface area contributed by atoms with Crippen LogP contribution in [0.3, 0.4) is 0 Å². The van der Waals surface area contributed by atoms with Crippen LogP contribution in [0, 0.1) is 0 Å². The van der Waals surface area contributed by atoms with Crippen LogP contribution in [-0.4, -0.2) is 29.7 Å². The van der Waals surface area contributed by atoms with Crippen LogP contribution >= 0.6 is 0 Å². The molecule has 0 saturated heterocycles. The van der Waals surface area contributed by atoms with Crippen molar-refractivity contribution in [2.24, 2.45) is 0 Å². The van der Waals surface area contributed by atoms with Crippen molar-refractivity contribution in [1.29, 1.82) is 0 Å². The van der Waals surface area contributed by atoms with Crippen molar-refractivity contribution in [1.82, 2.24) is 24.5 Å².